The first kappa shape index (κ1) is 18.0. The second kappa shape index (κ2) is 10.6. The van der Waals surface area contributed by atoms with Gasteiger partial charge in [0.2, 0.25) is 5.91 Å². The molecule has 1 saturated heterocycles. The summed E-state index contributed by atoms with van der Waals surface area (Å²) >= 11 is 0. The Kier molecular flexibility index (Phi) is 9.06. The first-order valence-corrected chi connectivity index (χ1v) is 8.18. The third kappa shape index (κ3) is 6.93. The maximum atomic E-state index is 12.0. The molecule has 1 N–H and O–H groups in total. The van der Waals surface area contributed by atoms with Crippen molar-refractivity contribution in [2.75, 3.05) is 13.7 Å². The highest BCUT2D eigenvalue weighted by molar-refractivity contribution is 5.87. The molecule has 5 nitrogen and oxygen atoms in total. The summed E-state index contributed by atoms with van der Waals surface area (Å²) < 4.78 is 10.1. The highest BCUT2D eigenvalue weighted by Gasteiger charge is 2.28. The maximum absolute atomic E-state index is 12.0. The van der Waals surface area contributed by atoms with E-state index in [1.54, 1.807) is 0 Å². The molecule has 5 heteroatoms. The Hall–Kier alpha value is -1.10. The van der Waals surface area contributed by atoms with Crippen LogP contribution in [0.1, 0.15) is 64.7 Å². The second-order valence-electron chi connectivity index (χ2n) is 5.64. The van der Waals surface area contributed by atoms with Gasteiger partial charge in [0.05, 0.1) is 7.11 Å². The molecule has 0 aromatic heterocycles. The third-order valence-corrected chi connectivity index (χ3v) is 3.87. The van der Waals surface area contributed by atoms with Gasteiger partial charge in [0.15, 0.2) is 0 Å². The summed E-state index contributed by atoms with van der Waals surface area (Å²) in [5.74, 6) is -0.552. The Balaban J connectivity index is 2.30. The lowest BCUT2D eigenvalue weighted by atomic mass is 10.1. The van der Waals surface area contributed by atoms with Crippen LogP contribution in [-0.4, -0.2) is 37.7 Å². The zero-order chi connectivity index (χ0) is 15.5. The van der Waals surface area contributed by atoms with E-state index < -0.39 is 12.1 Å². The number of unbranched alkanes of at least 4 members (excludes halogenated alkanes) is 5. The van der Waals surface area contributed by atoms with E-state index >= 15 is 0 Å². The fraction of sp³-hybridized carbons (Fsp3) is 0.875. The largest absolute Gasteiger partial charge is 0.467 e. The Morgan fingerprint density at radius 1 is 1.24 bits per heavy atom. The van der Waals surface area contributed by atoms with E-state index in [-0.39, 0.29) is 11.9 Å². The van der Waals surface area contributed by atoms with Crippen molar-refractivity contribution in [1.82, 2.24) is 5.32 Å². The molecule has 0 aromatic rings. The van der Waals surface area contributed by atoms with Crippen molar-refractivity contribution in [3.05, 3.63) is 0 Å². The van der Waals surface area contributed by atoms with Gasteiger partial charge in [0.1, 0.15) is 12.1 Å². The number of ether oxygens (including phenoxy) is 2. The number of amides is 1. The van der Waals surface area contributed by atoms with E-state index in [9.17, 15) is 9.59 Å². The van der Waals surface area contributed by atoms with E-state index in [0.29, 0.717) is 13.0 Å². The van der Waals surface area contributed by atoms with E-state index in [0.717, 1.165) is 25.7 Å². The number of hydrogen-bond donors (Lipinski definition) is 1. The molecule has 122 valence electrons. The summed E-state index contributed by atoms with van der Waals surface area (Å²) in [6.45, 7) is 2.81. The van der Waals surface area contributed by atoms with Crippen LogP contribution in [0.5, 0.6) is 0 Å². The molecular weight excluding hydrogens is 270 g/mol. The van der Waals surface area contributed by atoms with Gasteiger partial charge in [0.25, 0.3) is 0 Å². The van der Waals surface area contributed by atoms with Crippen molar-refractivity contribution in [1.29, 1.82) is 0 Å². The number of esters is 1. The van der Waals surface area contributed by atoms with Crippen LogP contribution < -0.4 is 5.32 Å². The minimum atomic E-state index is -0.544. The standard InChI is InChI=1S/C16H29NO4/c1-3-4-5-6-7-8-10-13(16(19)20-2)17-15(18)14-11-9-12-21-14/h13-14H,3-12H2,1-2H3,(H,17,18)/t13-,14-/m0/s1. The van der Waals surface area contributed by atoms with Crippen molar-refractivity contribution in [3.8, 4) is 0 Å². The van der Waals surface area contributed by atoms with Crippen LogP contribution in [0.3, 0.4) is 0 Å². The van der Waals surface area contributed by atoms with Gasteiger partial charge in [-0.2, -0.15) is 0 Å². The summed E-state index contributed by atoms with van der Waals surface area (Å²) in [5.41, 5.74) is 0. The van der Waals surface area contributed by atoms with Crippen molar-refractivity contribution >= 4 is 11.9 Å². The maximum Gasteiger partial charge on any atom is 0.328 e. The third-order valence-electron chi connectivity index (χ3n) is 3.87. The Morgan fingerprint density at radius 3 is 2.57 bits per heavy atom. The summed E-state index contributed by atoms with van der Waals surface area (Å²) in [6.07, 6.45) is 8.79. The molecule has 1 rings (SSSR count). The normalized spacial score (nSPS) is 19.2. The Morgan fingerprint density at radius 2 is 1.95 bits per heavy atom. The van der Waals surface area contributed by atoms with E-state index in [1.165, 1.54) is 32.8 Å². The number of methoxy groups -OCH3 is 1. The van der Waals surface area contributed by atoms with Gasteiger partial charge in [0, 0.05) is 6.61 Å². The van der Waals surface area contributed by atoms with Gasteiger partial charge < -0.3 is 14.8 Å². The molecule has 1 fully saturated rings. The quantitative estimate of drug-likeness (QED) is 0.497. The van der Waals surface area contributed by atoms with Crippen molar-refractivity contribution in [3.63, 3.8) is 0 Å². The highest BCUT2D eigenvalue weighted by Crippen LogP contribution is 2.14. The number of nitrogens with one attached hydrogen (secondary N) is 1. The molecule has 0 unspecified atom stereocenters. The van der Waals surface area contributed by atoms with Crippen LogP contribution in [0.2, 0.25) is 0 Å². The molecule has 0 saturated carbocycles. The molecule has 21 heavy (non-hydrogen) atoms. The number of carbonyl (C=O) groups excluding carboxylic acids is 2. The van der Waals surface area contributed by atoms with Crippen LogP contribution in [0, 0.1) is 0 Å². The predicted molar refractivity (Wildman–Crippen MR) is 80.9 cm³/mol. The van der Waals surface area contributed by atoms with Crippen molar-refractivity contribution < 1.29 is 19.1 Å². The average molecular weight is 299 g/mol. The molecule has 2 atom stereocenters. The monoisotopic (exact) mass is 299 g/mol. The van der Waals surface area contributed by atoms with Gasteiger partial charge in [-0.3, -0.25) is 4.79 Å². The molecule has 1 aliphatic heterocycles. The SMILES string of the molecule is CCCCCCCC[C@H](NC(=O)[C@@H]1CCCO1)C(=O)OC. The van der Waals surface area contributed by atoms with E-state index in [4.69, 9.17) is 9.47 Å². The van der Waals surface area contributed by atoms with Crippen LogP contribution in [0.25, 0.3) is 0 Å². The second-order valence-corrected chi connectivity index (χ2v) is 5.64. The van der Waals surface area contributed by atoms with Crippen LogP contribution >= 0.6 is 0 Å². The zero-order valence-electron chi connectivity index (χ0n) is 13.4. The molecule has 1 amide bonds. The fourth-order valence-electron chi connectivity index (χ4n) is 2.57. The van der Waals surface area contributed by atoms with Crippen molar-refractivity contribution in [2.24, 2.45) is 0 Å². The van der Waals surface area contributed by atoms with Crippen LogP contribution in [0.15, 0.2) is 0 Å². The molecule has 1 heterocycles. The van der Waals surface area contributed by atoms with Gasteiger partial charge in [-0.15, -0.1) is 0 Å². The summed E-state index contributed by atoms with van der Waals surface area (Å²) in [7, 11) is 1.36. The highest BCUT2D eigenvalue weighted by atomic mass is 16.5. The summed E-state index contributed by atoms with van der Waals surface area (Å²) in [6, 6.07) is -0.544. The summed E-state index contributed by atoms with van der Waals surface area (Å²) in [5, 5.41) is 2.77. The predicted octanol–water partition coefficient (Wildman–Crippen LogP) is 2.57. The van der Waals surface area contributed by atoms with Gasteiger partial charge >= 0.3 is 5.97 Å². The molecular formula is C16H29NO4. The van der Waals surface area contributed by atoms with Crippen molar-refractivity contribution in [2.45, 2.75) is 76.9 Å². The van der Waals surface area contributed by atoms with Gasteiger partial charge in [-0.05, 0) is 19.3 Å². The minimum Gasteiger partial charge on any atom is -0.467 e. The molecule has 0 radical (unpaired) electrons. The smallest absolute Gasteiger partial charge is 0.328 e. The van der Waals surface area contributed by atoms with Crippen LogP contribution in [-0.2, 0) is 19.1 Å². The topological polar surface area (TPSA) is 64.6 Å². The van der Waals surface area contributed by atoms with E-state index in [2.05, 4.69) is 12.2 Å². The van der Waals surface area contributed by atoms with E-state index in [1.807, 2.05) is 0 Å². The first-order valence-electron chi connectivity index (χ1n) is 8.18. The molecule has 0 bridgehead atoms. The average Bonchev–Trinajstić information content (AvgIpc) is 3.03. The minimum absolute atomic E-state index is 0.186. The lowest BCUT2D eigenvalue weighted by Crippen LogP contribution is -2.45. The zero-order valence-corrected chi connectivity index (χ0v) is 13.4. The first-order chi connectivity index (χ1) is 10.2. The molecule has 0 aliphatic carbocycles. The van der Waals surface area contributed by atoms with Crippen LogP contribution in [0.4, 0.5) is 0 Å². The lowest BCUT2D eigenvalue weighted by Gasteiger charge is -2.18. The number of hydrogen-bond acceptors (Lipinski definition) is 4. The molecule has 0 spiro atoms. The van der Waals surface area contributed by atoms with Gasteiger partial charge in [-0.25, -0.2) is 4.79 Å². The molecule has 1 aliphatic rings. The Bertz CT molecular complexity index is 313. The lowest BCUT2D eigenvalue weighted by molar-refractivity contribution is -0.146. The number of rotatable bonds is 10. The van der Waals surface area contributed by atoms with Gasteiger partial charge in [-0.1, -0.05) is 45.4 Å². The Labute approximate surface area is 127 Å². The summed E-state index contributed by atoms with van der Waals surface area (Å²) in [4.78, 5) is 23.8. The fourth-order valence-corrected chi connectivity index (χ4v) is 2.57. The molecule has 0 aromatic carbocycles. The number of carbonyl (C=O) groups is 2.